The number of ether oxygens (including phenoxy) is 1. The standard InChI is InChI=1S/C13H13F2NO4/c14-13(15)20-10-4-2-1-3-9(10)12(19)16(7-11(17)18)8-5-6-8/h1-4,8,13H,5-7H2,(H,17,18). The first-order valence-electron chi connectivity index (χ1n) is 6.05. The summed E-state index contributed by atoms with van der Waals surface area (Å²) < 4.78 is 28.9. The summed E-state index contributed by atoms with van der Waals surface area (Å²) in [7, 11) is 0. The van der Waals surface area contributed by atoms with E-state index in [9.17, 15) is 18.4 Å². The van der Waals surface area contributed by atoms with Gasteiger partial charge < -0.3 is 14.7 Å². The maximum absolute atomic E-state index is 12.3. The fourth-order valence-corrected chi connectivity index (χ4v) is 1.90. The minimum Gasteiger partial charge on any atom is -0.480 e. The number of nitrogens with zero attached hydrogens (tertiary/aromatic N) is 1. The fourth-order valence-electron chi connectivity index (χ4n) is 1.90. The van der Waals surface area contributed by atoms with E-state index in [2.05, 4.69) is 4.74 Å². The van der Waals surface area contributed by atoms with Gasteiger partial charge in [0.15, 0.2) is 0 Å². The molecule has 5 nitrogen and oxygen atoms in total. The number of alkyl halides is 2. The molecule has 1 aliphatic rings. The van der Waals surface area contributed by atoms with Gasteiger partial charge in [-0.25, -0.2) is 0 Å². The van der Waals surface area contributed by atoms with E-state index in [0.29, 0.717) is 0 Å². The molecule has 1 aromatic carbocycles. The molecule has 1 amide bonds. The van der Waals surface area contributed by atoms with Crippen LogP contribution < -0.4 is 4.74 Å². The zero-order valence-electron chi connectivity index (χ0n) is 10.5. The van der Waals surface area contributed by atoms with Gasteiger partial charge in [-0.15, -0.1) is 0 Å². The molecule has 0 aromatic heterocycles. The van der Waals surface area contributed by atoms with Crippen molar-refractivity contribution in [3.8, 4) is 5.75 Å². The fraction of sp³-hybridized carbons (Fsp3) is 0.385. The van der Waals surface area contributed by atoms with Crippen LogP contribution in [0.5, 0.6) is 5.75 Å². The van der Waals surface area contributed by atoms with Crippen LogP contribution in [0.4, 0.5) is 8.78 Å². The Bertz CT molecular complexity index is 517. The molecule has 0 heterocycles. The monoisotopic (exact) mass is 285 g/mol. The number of para-hydroxylation sites is 1. The number of carboxylic acids is 1. The second-order valence-electron chi connectivity index (χ2n) is 4.43. The minimum absolute atomic E-state index is 0.0547. The second kappa shape index (κ2) is 5.85. The Morgan fingerprint density at radius 3 is 2.55 bits per heavy atom. The van der Waals surface area contributed by atoms with Gasteiger partial charge in [-0.05, 0) is 25.0 Å². The first-order chi connectivity index (χ1) is 9.49. The summed E-state index contributed by atoms with van der Waals surface area (Å²) >= 11 is 0. The van der Waals surface area contributed by atoms with Crippen molar-refractivity contribution in [3.05, 3.63) is 29.8 Å². The van der Waals surface area contributed by atoms with Crippen LogP contribution >= 0.6 is 0 Å². The third kappa shape index (κ3) is 3.43. The SMILES string of the molecule is O=C(O)CN(C(=O)c1ccccc1OC(F)F)C1CC1. The summed E-state index contributed by atoms with van der Waals surface area (Å²) in [6, 6.07) is 5.44. The normalized spacial score (nSPS) is 14.2. The summed E-state index contributed by atoms with van der Waals surface area (Å²) in [5.74, 6) is -1.99. The summed E-state index contributed by atoms with van der Waals surface area (Å²) in [5.41, 5.74) is -0.0547. The molecule has 2 rings (SSSR count). The number of hydrogen-bond acceptors (Lipinski definition) is 3. The van der Waals surface area contributed by atoms with Crippen molar-refractivity contribution in [1.82, 2.24) is 4.90 Å². The van der Waals surface area contributed by atoms with E-state index in [1.165, 1.54) is 29.2 Å². The maximum atomic E-state index is 12.3. The molecular formula is C13H13F2NO4. The van der Waals surface area contributed by atoms with Gasteiger partial charge in [0.25, 0.3) is 5.91 Å². The molecule has 20 heavy (non-hydrogen) atoms. The number of aliphatic carboxylic acids is 1. The van der Waals surface area contributed by atoms with Crippen molar-refractivity contribution in [2.75, 3.05) is 6.54 Å². The number of hydrogen-bond donors (Lipinski definition) is 1. The van der Waals surface area contributed by atoms with E-state index in [1.54, 1.807) is 0 Å². The summed E-state index contributed by atoms with van der Waals surface area (Å²) in [6.45, 7) is -3.50. The first-order valence-corrected chi connectivity index (χ1v) is 6.05. The quantitative estimate of drug-likeness (QED) is 0.867. The molecule has 1 aromatic rings. The van der Waals surface area contributed by atoms with Crippen LogP contribution in [0, 0.1) is 0 Å². The highest BCUT2D eigenvalue weighted by atomic mass is 19.3. The average Bonchev–Trinajstić information content (AvgIpc) is 3.19. The Morgan fingerprint density at radius 2 is 2.00 bits per heavy atom. The number of halogens is 2. The van der Waals surface area contributed by atoms with Gasteiger partial charge in [-0.3, -0.25) is 9.59 Å². The highest BCUT2D eigenvalue weighted by Crippen LogP contribution is 2.30. The smallest absolute Gasteiger partial charge is 0.387 e. The van der Waals surface area contributed by atoms with Gasteiger partial charge in [-0.1, -0.05) is 12.1 Å². The number of carbonyl (C=O) groups is 2. The predicted octanol–water partition coefficient (Wildman–Crippen LogP) is 1.98. The minimum atomic E-state index is -3.04. The first kappa shape index (κ1) is 14.2. The Morgan fingerprint density at radius 1 is 1.35 bits per heavy atom. The molecule has 0 spiro atoms. The molecule has 0 radical (unpaired) electrons. The zero-order valence-corrected chi connectivity index (χ0v) is 10.5. The van der Waals surface area contributed by atoms with Crippen molar-refractivity contribution >= 4 is 11.9 Å². The molecule has 7 heteroatoms. The van der Waals surface area contributed by atoms with Crippen molar-refractivity contribution in [2.45, 2.75) is 25.5 Å². The number of rotatable bonds is 6. The molecular weight excluding hydrogens is 272 g/mol. The number of carbonyl (C=O) groups excluding carboxylic acids is 1. The summed E-state index contributed by atoms with van der Waals surface area (Å²) in [6.07, 6.45) is 1.44. The molecule has 1 N–H and O–H groups in total. The topological polar surface area (TPSA) is 66.8 Å². The summed E-state index contributed by atoms with van der Waals surface area (Å²) in [4.78, 5) is 24.3. The molecule has 0 atom stereocenters. The van der Waals surface area contributed by atoms with Crippen LogP contribution in [0.15, 0.2) is 24.3 Å². The lowest BCUT2D eigenvalue weighted by Crippen LogP contribution is -2.37. The van der Waals surface area contributed by atoms with E-state index < -0.39 is 25.0 Å². The van der Waals surface area contributed by atoms with E-state index >= 15 is 0 Å². The van der Waals surface area contributed by atoms with Crippen molar-refractivity contribution < 1.29 is 28.2 Å². The highest BCUT2D eigenvalue weighted by molar-refractivity contribution is 5.98. The Labute approximate surface area is 113 Å². The average molecular weight is 285 g/mol. The van der Waals surface area contributed by atoms with Gasteiger partial charge in [0, 0.05) is 6.04 Å². The maximum Gasteiger partial charge on any atom is 0.387 e. The van der Waals surface area contributed by atoms with Crippen LogP contribution in [-0.4, -0.2) is 41.1 Å². The molecule has 1 fully saturated rings. The predicted molar refractivity (Wildman–Crippen MR) is 64.8 cm³/mol. The molecule has 0 unspecified atom stereocenters. The van der Waals surface area contributed by atoms with Crippen LogP contribution in [0.25, 0.3) is 0 Å². The Balaban J connectivity index is 2.24. The summed E-state index contributed by atoms with van der Waals surface area (Å²) in [5, 5.41) is 8.83. The van der Waals surface area contributed by atoms with Crippen molar-refractivity contribution in [3.63, 3.8) is 0 Å². The molecule has 0 aliphatic heterocycles. The Hall–Kier alpha value is -2.18. The lowest BCUT2D eigenvalue weighted by atomic mass is 10.1. The largest absolute Gasteiger partial charge is 0.480 e. The molecule has 0 bridgehead atoms. The van der Waals surface area contributed by atoms with Crippen LogP contribution in [-0.2, 0) is 4.79 Å². The van der Waals surface area contributed by atoms with Gasteiger partial charge in [0.05, 0.1) is 5.56 Å². The zero-order chi connectivity index (χ0) is 14.7. The lowest BCUT2D eigenvalue weighted by molar-refractivity contribution is -0.137. The van der Waals surface area contributed by atoms with Gasteiger partial charge in [-0.2, -0.15) is 8.78 Å². The van der Waals surface area contributed by atoms with Crippen LogP contribution in [0.3, 0.4) is 0 Å². The van der Waals surface area contributed by atoms with Crippen molar-refractivity contribution in [2.24, 2.45) is 0 Å². The third-order valence-electron chi connectivity index (χ3n) is 2.89. The van der Waals surface area contributed by atoms with Crippen LogP contribution in [0.1, 0.15) is 23.2 Å². The second-order valence-corrected chi connectivity index (χ2v) is 4.43. The number of carboxylic acid groups (broad SMARTS) is 1. The van der Waals surface area contributed by atoms with E-state index in [4.69, 9.17) is 5.11 Å². The van der Waals surface area contributed by atoms with E-state index in [0.717, 1.165) is 12.8 Å². The van der Waals surface area contributed by atoms with Crippen molar-refractivity contribution in [1.29, 1.82) is 0 Å². The number of amides is 1. The van der Waals surface area contributed by atoms with E-state index in [1.807, 2.05) is 0 Å². The molecule has 0 saturated heterocycles. The lowest BCUT2D eigenvalue weighted by Gasteiger charge is -2.21. The van der Waals surface area contributed by atoms with Gasteiger partial charge in [0.2, 0.25) is 0 Å². The van der Waals surface area contributed by atoms with Crippen LogP contribution in [0.2, 0.25) is 0 Å². The van der Waals surface area contributed by atoms with Gasteiger partial charge in [0.1, 0.15) is 12.3 Å². The Kier molecular flexibility index (Phi) is 4.16. The highest BCUT2D eigenvalue weighted by Gasteiger charge is 2.35. The number of benzene rings is 1. The molecule has 108 valence electrons. The van der Waals surface area contributed by atoms with Gasteiger partial charge >= 0.3 is 12.6 Å². The third-order valence-corrected chi connectivity index (χ3v) is 2.89. The molecule has 1 aliphatic carbocycles. The van der Waals surface area contributed by atoms with E-state index in [-0.39, 0.29) is 17.4 Å². The molecule has 1 saturated carbocycles.